The highest BCUT2D eigenvalue weighted by Crippen LogP contribution is 2.30. The molecule has 0 atom stereocenters. The van der Waals surface area contributed by atoms with Crippen LogP contribution >= 0.6 is 11.6 Å². The summed E-state index contributed by atoms with van der Waals surface area (Å²) in [6.07, 6.45) is -0.181. The van der Waals surface area contributed by atoms with E-state index in [9.17, 15) is 14.7 Å². The predicted octanol–water partition coefficient (Wildman–Crippen LogP) is 3.52. The number of benzene rings is 2. The van der Waals surface area contributed by atoms with Gasteiger partial charge in [0, 0.05) is 11.5 Å². The highest BCUT2D eigenvalue weighted by atomic mass is 35.5. The van der Waals surface area contributed by atoms with Gasteiger partial charge in [-0.05, 0) is 30.7 Å². The van der Waals surface area contributed by atoms with Crippen molar-refractivity contribution in [3.63, 3.8) is 0 Å². The fraction of sp³-hybridized carbons (Fsp3) is 0.105. The molecule has 0 unspecified atom stereocenters. The van der Waals surface area contributed by atoms with Gasteiger partial charge in [-0.1, -0.05) is 23.7 Å². The van der Waals surface area contributed by atoms with Gasteiger partial charge in [0.1, 0.15) is 11.3 Å². The van der Waals surface area contributed by atoms with Gasteiger partial charge in [0.25, 0.3) is 0 Å². The molecule has 1 amide bonds. The largest absolute Gasteiger partial charge is 0.506 e. The second-order valence-corrected chi connectivity index (χ2v) is 6.53. The van der Waals surface area contributed by atoms with Crippen LogP contribution in [0.15, 0.2) is 45.6 Å². The number of nitrogens with zero attached hydrogens (tertiary/aromatic N) is 1. The summed E-state index contributed by atoms with van der Waals surface area (Å²) in [6.45, 7) is 1.70. The molecule has 3 N–H and O–H groups in total. The third-order valence-electron chi connectivity index (χ3n) is 4.34. The number of aromatic amines is 1. The maximum Gasteiger partial charge on any atom is 0.340 e. The van der Waals surface area contributed by atoms with Gasteiger partial charge < -0.3 is 14.5 Å². The summed E-state index contributed by atoms with van der Waals surface area (Å²) in [5, 5.41) is 13.0. The lowest BCUT2D eigenvalue weighted by atomic mass is 10.0. The minimum absolute atomic E-state index is 0.136. The molecule has 2 aromatic carbocycles. The first-order chi connectivity index (χ1) is 12.9. The molecule has 0 spiro atoms. The zero-order valence-electron chi connectivity index (χ0n) is 14.2. The molecule has 0 aliphatic heterocycles. The molecule has 2 aromatic heterocycles. The zero-order chi connectivity index (χ0) is 19.1. The van der Waals surface area contributed by atoms with Gasteiger partial charge in [-0.25, -0.2) is 9.78 Å². The molecular formula is C19H14ClN3O4. The summed E-state index contributed by atoms with van der Waals surface area (Å²) < 4.78 is 5.23. The van der Waals surface area contributed by atoms with Gasteiger partial charge in [-0.15, -0.1) is 0 Å². The van der Waals surface area contributed by atoms with Crippen LogP contribution in [0.2, 0.25) is 5.02 Å². The Hall–Kier alpha value is -3.32. The standard InChI is InChI=1S/C19H14ClN3O4/c1-9-10-6-12(20)15(24)8-16(10)27-18(26)11(9)7-17(25)23-19-21-13-4-2-3-5-14(13)22-19/h2-6,8,24H,7H2,1H3,(H2,21,22,23,25). The van der Waals surface area contributed by atoms with Crippen molar-refractivity contribution in [3.8, 4) is 5.75 Å². The van der Waals surface area contributed by atoms with Crippen molar-refractivity contribution in [1.82, 2.24) is 9.97 Å². The van der Waals surface area contributed by atoms with Crippen LogP contribution in [0.1, 0.15) is 11.1 Å². The number of imidazole rings is 1. The molecule has 0 fully saturated rings. The van der Waals surface area contributed by atoms with E-state index in [1.165, 1.54) is 12.1 Å². The Morgan fingerprint density at radius 1 is 1.33 bits per heavy atom. The number of aromatic nitrogens is 2. The quantitative estimate of drug-likeness (QED) is 0.469. The van der Waals surface area contributed by atoms with Crippen LogP contribution in [0.25, 0.3) is 22.0 Å². The highest BCUT2D eigenvalue weighted by molar-refractivity contribution is 6.32. The van der Waals surface area contributed by atoms with Crippen molar-refractivity contribution in [1.29, 1.82) is 0 Å². The molecule has 0 aliphatic rings. The van der Waals surface area contributed by atoms with Crippen LogP contribution in [-0.4, -0.2) is 21.0 Å². The fourth-order valence-corrected chi connectivity index (χ4v) is 3.11. The third-order valence-corrected chi connectivity index (χ3v) is 4.64. The molecule has 4 rings (SSSR count). The number of anilines is 1. The molecular weight excluding hydrogens is 370 g/mol. The number of H-pyrrole nitrogens is 1. The minimum atomic E-state index is -0.638. The first-order valence-electron chi connectivity index (χ1n) is 8.12. The molecule has 0 saturated carbocycles. The number of halogens is 1. The number of carbonyl (C=O) groups excluding carboxylic acids is 1. The maximum atomic E-state index is 12.4. The Kier molecular flexibility index (Phi) is 4.08. The van der Waals surface area contributed by atoms with E-state index in [0.29, 0.717) is 16.9 Å². The molecule has 7 nitrogen and oxygen atoms in total. The van der Waals surface area contributed by atoms with E-state index in [-0.39, 0.29) is 28.3 Å². The lowest BCUT2D eigenvalue weighted by Crippen LogP contribution is -2.21. The number of rotatable bonds is 3. The van der Waals surface area contributed by atoms with Crippen LogP contribution in [0.4, 0.5) is 5.95 Å². The van der Waals surface area contributed by atoms with Crippen molar-refractivity contribution >= 4 is 45.5 Å². The lowest BCUT2D eigenvalue weighted by molar-refractivity contribution is -0.115. The SMILES string of the molecule is Cc1c(CC(=O)Nc2nc3ccccc3[nH]2)c(=O)oc2cc(O)c(Cl)cc12. The van der Waals surface area contributed by atoms with Crippen molar-refractivity contribution in [2.75, 3.05) is 5.32 Å². The fourth-order valence-electron chi connectivity index (χ4n) is 2.95. The van der Waals surface area contributed by atoms with Gasteiger partial charge in [0.15, 0.2) is 0 Å². The number of nitrogens with one attached hydrogen (secondary N) is 2. The molecule has 0 aliphatic carbocycles. The Balaban J connectivity index is 1.65. The Morgan fingerprint density at radius 3 is 2.89 bits per heavy atom. The van der Waals surface area contributed by atoms with Gasteiger partial charge in [0.05, 0.1) is 28.0 Å². The summed E-state index contributed by atoms with van der Waals surface area (Å²) >= 11 is 5.94. The van der Waals surface area contributed by atoms with Gasteiger partial charge in [-0.2, -0.15) is 0 Å². The number of hydrogen-bond donors (Lipinski definition) is 3. The van der Waals surface area contributed by atoms with Crippen LogP contribution in [0.5, 0.6) is 5.75 Å². The lowest BCUT2D eigenvalue weighted by Gasteiger charge is -2.08. The molecule has 0 bridgehead atoms. The maximum absolute atomic E-state index is 12.4. The number of phenolic OH excluding ortho intramolecular Hbond substituents is 1. The molecule has 136 valence electrons. The number of para-hydroxylation sites is 2. The molecule has 0 saturated heterocycles. The zero-order valence-corrected chi connectivity index (χ0v) is 14.9. The van der Waals surface area contributed by atoms with Crippen molar-refractivity contribution in [3.05, 3.63) is 63.0 Å². The van der Waals surface area contributed by atoms with Crippen LogP contribution in [0, 0.1) is 6.92 Å². The second kappa shape index (κ2) is 6.44. The Bertz CT molecular complexity index is 1230. The topological polar surface area (TPSA) is 108 Å². The number of hydrogen-bond acceptors (Lipinski definition) is 5. The van der Waals surface area contributed by atoms with Crippen LogP contribution < -0.4 is 10.9 Å². The van der Waals surface area contributed by atoms with Crippen LogP contribution in [-0.2, 0) is 11.2 Å². The third kappa shape index (κ3) is 3.13. The van der Waals surface area contributed by atoms with Crippen molar-refractivity contribution in [2.45, 2.75) is 13.3 Å². The monoisotopic (exact) mass is 383 g/mol. The van der Waals surface area contributed by atoms with E-state index in [0.717, 1.165) is 11.0 Å². The summed E-state index contributed by atoms with van der Waals surface area (Å²) in [5.41, 5.74) is 1.88. The average molecular weight is 384 g/mol. The minimum Gasteiger partial charge on any atom is -0.506 e. The number of amides is 1. The number of phenols is 1. The number of aromatic hydroxyl groups is 1. The highest BCUT2D eigenvalue weighted by Gasteiger charge is 2.17. The predicted molar refractivity (Wildman–Crippen MR) is 102 cm³/mol. The Labute approximate surface area is 157 Å². The summed E-state index contributed by atoms with van der Waals surface area (Å²) in [6, 6.07) is 10.2. The molecule has 4 aromatic rings. The second-order valence-electron chi connectivity index (χ2n) is 6.12. The number of fused-ring (bicyclic) bond motifs is 2. The van der Waals surface area contributed by atoms with E-state index in [2.05, 4.69) is 15.3 Å². The molecule has 27 heavy (non-hydrogen) atoms. The molecule has 2 heterocycles. The number of aryl methyl sites for hydroxylation is 1. The van der Waals surface area contributed by atoms with Gasteiger partial charge in [0.2, 0.25) is 11.9 Å². The summed E-state index contributed by atoms with van der Waals surface area (Å²) in [4.78, 5) is 32.0. The molecule has 0 radical (unpaired) electrons. The van der Waals surface area contributed by atoms with Gasteiger partial charge >= 0.3 is 5.63 Å². The summed E-state index contributed by atoms with van der Waals surface area (Å²) in [7, 11) is 0. The van der Waals surface area contributed by atoms with Crippen LogP contribution in [0.3, 0.4) is 0 Å². The van der Waals surface area contributed by atoms with Gasteiger partial charge in [-0.3, -0.25) is 10.1 Å². The number of carbonyl (C=O) groups is 1. The van der Waals surface area contributed by atoms with Crippen molar-refractivity contribution in [2.24, 2.45) is 0 Å². The van der Waals surface area contributed by atoms with E-state index in [4.69, 9.17) is 16.0 Å². The molecule has 8 heteroatoms. The average Bonchev–Trinajstić information content (AvgIpc) is 3.03. The Morgan fingerprint density at radius 2 is 2.11 bits per heavy atom. The first kappa shape index (κ1) is 17.1. The van der Waals surface area contributed by atoms with E-state index >= 15 is 0 Å². The van der Waals surface area contributed by atoms with Crippen molar-refractivity contribution < 1.29 is 14.3 Å². The van der Waals surface area contributed by atoms with E-state index in [1.54, 1.807) is 6.92 Å². The first-order valence-corrected chi connectivity index (χ1v) is 8.49. The smallest absolute Gasteiger partial charge is 0.340 e. The summed E-state index contributed by atoms with van der Waals surface area (Å²) in [5.74, 6) is -0.284. The van der Waals surface area contributed by atoms with E-state index < -0.39 is 11.5 Å². The normalized spacial score (nSPS) is 11.2. The van der Waals surface area contributed by atoms with E-state index in [1.807, 2.05) is 24.3 Å².